The van der Waals surface area contributed by atoms with Crippen LogP contribution in [0.4, 0.5) is 0 Å². The van der Waals surface area contributed by atoms with E-state index in [1.807, 2.05) is 0 Å². The predicted octanol–water partition coefficient (Wildman–Crippen LogP) is 2.92. The molecule has 0 aromatic heterocycles. The van der Waals surface area contributed by atoms with E-state index in [2.05, 4.69) is 30.4 Å². The second kappa shape index (κ2) is 6.72. The van der Waals surface area contributed by atoms with E-state index in [-0.39, 0.29) is 5.92 Å². The fourth-order valence-corrected chi connectivity index (χ4v) is 3.84. The van der Waals surface area contributed by atoms with E-state index >= 15 is 0 Å². The van der Waals surface area contributed by atoms with Crippen molar-refractivity contribution in [3.8, 4) is 6.07 Å². The van der Waals surface area contributed by atoms with Crippen molar-refractivity contribution in [1.29, 1.82) is 5.26 Å². The van der Waals surface area contributed by atoms with Crippen LogP contribution in [0.5, 0.6) is 0 Å². The zero-order valence-corrected chi connectivity index (χ0v) is 12.6. The molecule has 1 N–H and O–H groups in total. The van der Waals surface area contributed by atoms with E-state index in [0.29, 0.717) is 11.6 Å². The standard InChI is InChI=1S/C16H29N3/c1-19(2)16(10-6-7-11-16)13-18-15-9-5-3-4-8-14(15)12-17/h14-15,18H,3-11,13H2,1-2H3. The molecule has 0 aromatic rings. The van der Waals surface area contributed by atoms with Gasteiger partial charge in [-0.05, 0) is 39.8 Å². The molecule has 108 valence electrons. The van der Waals surface area contributed by atoms with Crippen LogP contribution >= 0.6 is 0 Å². The van der Waals surface area contributed by atoms with Crippen LogP contribution in [0.2, 0.25) is 0 Å². The number of rotatable bonds is 4. The summed E-state index contributed by atoms with van der Waals surface area (Å²) < 4.78 is 0. The van der Waals surface area contributed by atoms with Gasteiger partial charge < -0.3 is 10.2 Å². The van der Waals surface area contributed by atoms with Gasteiger partial charge in [0.05, 0.1) is 12.0 Å². The Bertz CT molecular complexity index is 312. The Morgan fingerprint density at radius 2 is 1.79 bits per heavy atom. The quantitative estimate of drug-likeness (QED) is 0.793. The molecule has 2 fully saturated rings. The molecular weight excluding hydrogens is 234 g/mol. The van der Waals surface area contributed by atoms with Gasteiger partial charge >= 0.3 is 0 Å². The Morgan fingerprint density at radius 3 is 2.42 bits per heavy atom. The number of nitrogens with one attached hydrogen (secondary N) is 1. The number of hydrogen-bond acceptors (Lipinski definition) is 3. The maximum Gasteiger partial charge on any atom is 0.0672 e. The van der Waals surface area contributed by atoms with Crippen LogP contribution in [0.3, 0.4) is 0 Å². The topological polar surface area (TPSA) is 39.1 Å². The lowest BCUT2D eigenvalue weighted by molar-refractivity contribution is 0.145. The average Bonchev–Trinajstić information content (AvgIpc) is 2.77. The second-order valence-electron chi connectivity index (χ2n) is 6.69. The maximum atomic E-state index is 9.35. The van der Waals surface area contributed by atoms with E-state index in [4.69, 9.17) is 0 Å². The molecule has 0 spiro atoms. The average molecular weight is 263 g/mol. The summed E-state index contributed by atoms with van der Waals surface area (Å²) in [4.78, 5) is 2.41. The summed E-state index contributed by atoms with van der Waals surface area (Å²) in [5.41, 5.74) is 0.340. The fourth-order valence-electron chi connectivity index (χ4n) is 3.84. The van der Waals surface area contributed by atoms with Crippen LogP contribution in [-0.4, -0.2) is 37.1 Å². The molecule has 2 aliphatic carbocycles. The molecule has 0 aliphatic heterocycles. The third-order valence-electron chi connectivity index (χ3n) is 5.36. The number of hydrogen-bond donors (Lipinski definition) is 1. The molecule has 0 amide bonds. The molecule has 2 saturated carbocycles. The van der Waals surface area contributed by atoms with Gasteiger partial charge in [0.2, 0.25) is 0 Å². The van der Waals surface area contributed by atoms with Crippen molar-refractivity contribution < 1.29 is 0 Å². The molecule has 0 bridgehead atoms. The summed E-state index contributed by atoms with van der Waals surface area (Å²) >= 11 is 0. The third kappa shape index (κ3) is 3.49. The molecule has 2 aliphatic rings. The highest BCUT2D eigenvalue weighted by Crippen LogP contribution is 2.34. The lowest BCUT2D eigenvalue weighted by atomic mass is 9.92. The fraction of sp³-hybridized carbons (Fsp3) is 0.938. The van der Waals surface area contributed by atoms with Gasteiger partial charge in [-0.2, -0.15) is 5.26 Å². The summed E-state index contributed by atoms with van der Waals surface area (Å²) in [7, 11) is 4.42. The van der Waals surface area contributed by atoms with Crippen LogP contribution in [0.25, 0.3) is 0 Å². The molecule has 3 heteroatoms. The molecule has 0 heterocycles. The highest BCUT2D eigenvalue weighted by Gasteiger charge is 2.36. The molecule has 2 unspecified atom stereocenters. The van der Waals surface area contributed by atoms with Gasteiger partial charge in [-0.25, -0.2) is 0 Å². The molecular formula is C16H29N3. The van der Waals surface area contributed by atoms with E-state index < -0.39 is 0 Å². The van der Waals surface area contributed by atoms with Gasteiger partial charge in [0.15, 0.2) is 0 Å². The van der Waals surface area contributed by atoms with Crippen LogP contribution in [0, 0.1) is 17.2 Å². The van der Waals surface area contributed by atoms with Crippen molar-refractivity contribution >= 4 is 0 Å². The Balaban J connectivity index is 1.93. The summed E-state index contributed by atoms with van der Waals surface area (Å²) in [6, 6.07) is 2.96. The van der Waals surface area contributed by atoms with Crippen molar-refractivity contribution in [3.05, 3.63) is 0 Å². The van der Waals surface area contributed by atoms with Gasteiger partial charge in [0, 0.05) is 18.1 Å². The smallest absolute Gasteiger partial charge is 0.0672 e. The molecule has 2 rings (SSSR count). The van der Waals surface area contributed by atoms with Crippen molar-refractivity contribution in [1.82, 2.24) is 10.2 Å². The first-order valence-corrected chi connectivity index (χ1v) is 7.98. The van der Waals surface area contributed by atoms with Gasteiger partial charge in [-0.1, -0.05) is 32.1 Å². The highest BCUT2D eigenvalue weighted by atomic mass is 15.2. The van der Waals surface area contributed by atoms with Crippen LogP contribution in [-0.2, 0) is 0 Å². The SMILES string of the molecule is CN(C)C1(CNC2CCCCCC2C#N)CCCC1. The van der Waals surface area contributed by atoms with Gasteiger partial charge in [-0.3, -0.25) is 0 Å². The zero-order valence-electron chi connectivity index (χ0n) is 12.6. The minimum atomic E-state index is 0.225. The van der Waals surface area contributed by atoms with Gasteiger partial charge in [0.1, 0.15) is 0 Å². The maximum absolute atomic E-state index is 9.35. The number of nitrogens with zero attached hydrogens (tertiary/aromatic N) is 2. The highest BCUT2D eigenvalue weighted by molar-refractivity contribution is 4.98. The second-order valence-corrected chi connectivity index (χ2v) is 6.69. The Hall–Kier alpha value is -0.590. The predicted molar refractivity (Wildman–Crippen MR) is 78.9 cm³/mol. The Kier molecular flexibility index (Phi) is 5.24. The van der Waals surface area contributed by atoms with Crippen LogP contribution in [0.15, 0.2) is 0 Å². The first kappa shape index (κ1) is 14.8. The van der Waals surface area contributed by atoms with E-state index in [9.17, 15) is 5.26 Å². The molecule has 0 aromatic carbocycles. The summed E-state index contributed by atoms with van der Waals surface area (Å²) in [6.07, 6.45) is 11.4. The normalized spacial score (nSPS) is 31.1. The van der Waals surface area contributed by atoms with Crippen molar-refractivity contribution in [2.24, 2.45) is 5.92 Å². The van der Waals surface area contributed by atoms with Crippen molar-refractivity contribution in [3.63, 3.8) is 0 Å². The number of likely N-dealkylation sites (N-methyl/N-ethyl adjacent to an activating group) is 1. The minimum absolute atomic E-state index is 0.225. The van der Waals surface area contributed by atoms with Crippen LogP contribution in [0.1, 0.15) is 57.8 Å². The minimum Gasteiger partial charge on any atom is -0.311 e. The van der Waals surface area contributed by atoms with Gasteiger partial charge in [0.25, 0.3) is 0 Å². The zero-order chi connectivity index (χ0) is 13.7. The van der Waals surface area contributed by atoms with Crippen molar-refractivity contribution in [2.45, 2.75) is 69.4 Å². The lowest BCUT2D eigenvalue weighted by Crippen LogP contribution is -2.52. The molecule has 3 nitrogen and oxygen atoms in total. The van der Waals surface area contributed by atoms with E-state index in [1.54, 1.807) is 0 Å². The summed E-state index contributed by atoms with van der Waals surface area (Å²) in [6.45, 7) is 1.06. The Morgan fingerprint density at radius 1 is 1.11 bits per heavy atom. The first-order chi connectivity index (χ1) is 9.18. The molecule has 0 radical (unpaired) electrons. The van der Waals surface area contributed by atoms with E-state index in [1.165, 1.54) is 51.4 Å². The van der Waals surface area contributed by atoms with Crippen LogP contribution < -0.4 is 5.32 Å². The molecule has 2 atom stereocenters. The Labute approximate surface area is 118 Å². The van der Waals surface area contributed by atoms with E-state index in [0.717, 1.165) is 13.0 Å². The van der Waals surface area contributed by atoms with Gasteiger partial charge in [-0.15, -0.1) is 0 Å². The third-order valence-corrected chi connectivity index (χ3v) is 5.36. The lowest BCUT2D eigenvalue weighted by Gasteiger charge is -2.38. The molecule has 19 heavy (non-hydrogen) atoms. The summed E-state index contributed by atoms with van der Waals surface area (Å²) in [5, 5.41) is 13.1. The number of nitriles is 1. The summed E-state index contributed by atoms with van der Waals surface area (Å²) in [5.74, 6) is 0.225. The monoisotopic (exact) mass is 263 g/mol. The van der Waals surface area contributed by atoms with Crippen molar-refractivity contribution in [2.75, 3.05) is 20.6 Å². The first-order valence-electron chi connectivity index (χ1n) is 7.98. The largest absolute Gasteiger partial charge is 0.311 e. The molecule has 0 saturated heterocycles.